The van der Waals surface area contributed by atoms with Crippen molar-refractivity contribution in [2.24, 2.45) is 0 Å². The maximum Gasteiger partial charge on any atom is 0.0937 e. The maximum absolute atomic E-state index is 8.55. The molecule has 8 heteroatoms. The van der Waals surface area contributed by atoms with E-state index in [1.807, 2.05) is 0 Å². The predicted octanol–water partition coefficient (Wildman–Crippen LogP) is 0.767. The van der Waals surface area contributed by atoms with Crippen LogP contribution >= 0.6 is 7.82 Å². The molecule has 0 aromatic carbocycles. The molecule has 0 aromatic rings. The Hall–Kier alpha value is -0.0100. The summed E-state index contributed by atoms with van der Waals surface area (Å²) in [5.74, 6) is 0. The lowest BCUT2D eigenvalue weighted by Gasteiger charge is -2.36. The maximum atomic E-state index is 8.55. The van der Waals surface area contributed by atoms with Gasteiger partial charge in [-0.1, -0.05) is 62.3 Å². The summed E-state index contributed by atoms with van der Waals surface area (Å²) in [6, 6.07) is 0. The minimum Gasteiger partial charge on any atom is -0.822 e. The standard InChI is InChI=1S/3C7H17N.H3O4P/c3*1-4-7(8,5-2)6-3;1-5(2,3)4/h3*4-6,8H2,1-3H3;(H3,1,2,3,4). The number of hydrogen-bond acceptors (Lipinski definition) is 4. The SMILES string of the molecule is CCC([NH3+])(CC)CC.CCC([NH3+])(CC)CC.CCC([NH3+])(CC)CC.O=P([O-])([O-])[O-]. The van der Waals surface area contributed by atoms with Crippen LogP contribution in [0.5, 0.6) is 0 Å². The van der Waals surface area contributed by atoms with E-state index >= 15 is 0 Å². The van der Waals surface area contributed by atoms with Crippen LogP contribution in [-0.4, -0.2) is 16.6 Å². The van der Waals surface area contributed by atoms with E-state index in [-0.39, 0.29) is 0 Å². The molecule has 0 aliphatic rings. The summed E-state index contributed by atoms with van der Waals surface area (Å²) in [5.41, 5.74) is 13.5. The van der Waals surface area contributed by atoms with Gasteiger partial charge in [-0.2, -0.15) is 7.82 Å². The molecule has 0 atom stereocenters. The van der Waals surface area contributed by atoms with Gasteiger partial charge in [0.2, 0.25) is 0 Å². The molecule has 0 unspecified atom stereocenters. The monoisotopic (exact) mass is 443 g/mol. The van der Waals surface area contributed by atoms with Gasteiger partial charge < -0.3 is 36.4 Å². The summed E-state index contributed by atoms with van der Waals surface area (Å²) in [5, 5.41) is 0. The fourth-order valence-electron chi connectivity index (χ4n) is 2.25. The number of hydrogen-bond donors (Lipinski definition) is 3. The summed E-state index contributed by atoms with van der Waals surface area (Å²) in [4.78, 5) is 25.6. The van der Waals surface area contributed by atoms with Crippen LogP contribution in [-0.2, 0) is 4.57 Å². The lowest BCUT2D eigenvalue weighted by Crippen LogP contribution is -2.71. The zero-order chi connectivity index (χ0) is 24.4. The number of quaternary nitrogens is 3. The van der Waals surface area contributed by atoms with Crippen LogP contribution in [0, 0.1) is 0 Å². The van der Waals surface area contributed by atoms with E-state index in [1.165, 1.54) is 57.8 Å². The van der Waals surface area contributed by atoms with E-state index < -0.39 is 7.82 Å². The highest BCUT2D eigenvalue weighted by Crippen LogP contribution is 2.12. The molecule has 0 amide bonds. The van der Waals surface area contributed by atoms with Gasteiger partial charge in [-0.05, 0) is 57.8 Å². The second-order valence-corrected chi connectivity index (χ2v) is 9.02. The first-order chi connectivity index (χ1) is 13.0. The van der Waals surface area contributed by atoms with E-state index in [0.29, 0.717) is 16.6 Å². The largest absolute Gasteiger partial charge is 0.822 e. The first-order valence-electron chi connectivity index (χ1n) is 11.3. The molecule has 0 spiro atoms. The summed E-state index contributed by atoms with van der Waals surface area (Å²) in [7, 11) is -5.39. The van der Waals surface area contributed by atoms with Crippen molar-refractivity contribution < 1.29 is 36.4 Å². The fourth-order valence-corrected chi connectivity index (χ4v) is 2.25. The van der Waals surface area contributed by atoms with Crippen molar-refractivity contribution >= 4 is 7.82 Å². The molecule has 0 aromatic heterocycles. The topological polar surface area (TPSA) is 169 Å². The lowest BCUT2D eigenvalue weighted by molar-refractivity contribution is -0.481. The Bertz CT molecular complexity index is 316. The highest BCUT2D eigenvalue weighted by molar-refractivity contribution is 7.40. The Morgan fingerprint density at radius 2 is 0.552 bits per heavy atom. The van der Waals surface area contributed by atoms with Gasteiger partial charge in [-0.25, -0.2) is 0 Å². The van der Waals surface area contributed by atoms with Crippen molar-refractivity contribution in [3.63, 3.8) is 0 Å². The second-order valence-electron chi connectivity index (χ2n) is 8.13. The zero-order valence-electron chi connectivity index (χ0n) is 21.1. The highest BCUT2D eigenvalue weighted by Gasteiger charge is 2.21. The average molecular weight is 444 g/mol. The Kier molecular flexibility index (Phi) is 23.5. The van der Waals surface area contributed by atoms with Crippen molar-refractivity contribution in [3.8, 4) is 0 Å². The Morgan fingerprint density at radius 1 is 0.483 bits per heavy atom. The molecule has 0 bridgehead atoms. The van der Waals surface area contributed by atoms with Crippen LogP contribution in [0.4, 0.5) is 0 Å². The minimum atomic E-state index is -5.39. The smallest absolute Gasteiger partial charge is 0.0937 e. The molecule has 0 aliphatic heterocycles. The van der Waals surface area contributed by atoms with Crippen LogP contribution in [0.1, 0.15) is 120 Å². The molecule has 0 fully saturated rings. The van der Waals surface area contributed by atoms with E-state index in [9.17, 15) is 0 Å². The third kappa shape index (κ3) is 26.0. The van der Waals surface area contributed by atoms with Crippen molar-refractivity contribution in [1.82, 2.24) is 0 Å². The molecular weight excluding hydrogens is 389 g/mol. The summed E-state index contributed by atoms with van der Waals surface area (Å²) in [6.07, 6.45) is 10.9. The molecule has 9 N–H and O–H groups in total. The van der Waals surface area contributed by atoms with Crippen LogP contribution in [0.3, 0.4) is 0 Å². The number of rotatable bonds is 9. The molecule has 29 heavy (non-hydrogen) atoms. The Balaban J connectivity index is -0.000000146. The predicted molar refractivity (Wildman–Crippen MR) is 117 cm³/mol. The summed E-state index contributed by atoms with van der Waals surface area (Å²) >= 11 is 0. The van der Waals surface area contributed by atoms with Gasteiger partial charge in [0.1, 0.15) is 0 Å². The van der Waals surface area contributed by atoms with Crippen LogP contribution in [0.2, 0.25) is 0 Å². The van der Waals surface area contributed by atoms with Gasteiger partial charge in [-0.15, -0.1) is 0 Å². The summed E-state index contributed by atoms with van der Waals surface area (Å²) < 4.78 is 8.55. The minimum absolute atomic E-state index is 0.375. The molecule has 182 valence electrons. The highest BCUT2D eigenvalue weighted by atomic mass is 31.2. The molecule has 7 nitrogen and oxygen atoms in total. The van der Waals surface area contributed by atoms with Gasteiger partial charge in [0.15, 0.2) is 0 Å². The Morgan fingerprint density at radius 3 is 0.552 bits per heavy atom. The van der Waals surface area contributed by atoms with Crippen molar-refractivity contribution in [1.29, 1.82) is 0 Å². The summed E-state index contributed by atoms with van der Waals surface area (Å²) in [6.45, 7) is 19.9. The van der Waals surface area contributed by atoms with Gasteiger partial charge in [0.05, 0.1) is 16.6 Å². The molecule has 0 saturated heterocycles. The molecular formula is C21H54N3O4P. The van der Waals surface area contributed by atoms with Gasteiger partial charge in [0, 0.05) is 0 Å². The number of phosphoric acid groups is 1. The van der Waals surface area contributed by atoms with E-state index in [4.69, 9.17) is 19.2 Å². The average Bonchev–Trinajstić information content (AvgIpc) is 2.71. The van der Waals surface area contributed by atoms with Crippen molar-refractivity contribution in [2.45, 2.75) is 137 Å². The van der Waals surface area contributed by atoms with Crippen LogP contribution in [0.25, 0.3) is 0 Å². The first-order valence-corrected chi connectivity index (χ1v) is 12.8. The van der Waals surface area contributed by atoms with E-state index in [0.717, 1.165) is 0 Å². The normalized spacial score (nSPS) is 12.0. The molecule has 0 saturated carbocycles. The Labute approximate surface area is 181 Å². The lowest BCUT2D eigenvalue weighted by atomic mass is 9.92. The molecule has 0 aliphatic carbocycles. The quantitative estimate of drug-likeness (QED) is 0.447. The van der Waals surface area contributed by atoms with Crippen molar-refractivity contribution in [3.05, 3.63) is 0 Å². The zero-order valence-corrected chi connectivity index (χ0v) is 22.0. The van der Waals surface area contributed by atoms with Crippen LogP contribution < -0.4 is 31.9 Å². The van der Waals surface area contributed by atoms with Gasteiger partial charge in [-0.3, -0.25) is 0 Å². The van der Waals surface area contributed by atoms with Gasteiger partial charge >= 0.3 is 0 Å². The molecule has 0 radical (unpaired) electrons. The second kappa shape index (κ2) is 18.7. The van der Waals surface area contributed by atoms with E-state index in [1.54, 1.807) is 0 Å². The van der Waals surface area contributed by atoms with Crippen molar-refractivity contribution in [2.75, 3.05) is 0 Å². The third-order valence-electron chi connectivity index (χ3n) is 6.75. The third-order valence-corrected chi connectivity index (χ3v) is 6.75. The van der Waals surface area contributed by atoms with E-state index in [2.05, 4.69) is 79.5 Å². The molecule has 0 heterocycles. The molecule has 0 rings (SSSR count). The van der Waals surface area contributed by atoms with Crippen LogP contribution in [0.15, 0.2) is 0 Å². The first kappa shape index (κ1) is 36.4. The van der Waals surface area contributed by atoms with Gasteiger partial charge in [0.25, 0.3) is 0 Å². The fraction of sp³-hybridized carbons (Fsp3) is 1.00.